The number of rotatable bonds is 8. The van der Waals surface area contributed by atoms with Crippen molar-refractivity contribution in [2.45, 2.75) is 38.6 Å². The number of hydrogen-bond acceptors (Lipinski definition) is 3. The van der Waals surface area contributed by atoms with Crippen LogP contribution in [0.2, 0.25) is 0 Å². The van der Waals surface area contributed by atoms with Gasteiger partial charge in [-0.2, -0.15) is 0 Å². The number of halogens is 1. The number of nitrogens with zero attached hydrogens (tertiary/aromatic N) is 1. The van der Waals surface area contributed by atoms with Crippen LogP contribution in [0.5, 0.6) is 0 Å². The molecule has 1 rings (SSSR count). The SMILES string of the molecule is CC(CCl)CS(=O)(=O)NCCN(C)C1CCCC1. The molecule has 108 valence electrons. The Kier molecular flexibility index (Phi) is 6.92. The number of nitrogens with one attached hydrogen (secondary N) is 1. The van der Waals surface area contributed by atoms with Crippen LogP contribution in [0.15, 0.2) is 0 Å². The van der Waals surface area contributed by atoms with Gasteiger partial charge in [-0.25, -0.2) is 13.1 Å². The third kappa shape index (κ3) is 5.87. The minimum absolute atomic E-state index is 0.00303. The molecule has 0 amide bonds. The van der Waals surface area contributed by atoms with E-state index in [9.17, 15) is 8.42 Å². The van der Waals surface area contributed by atoms with Gasteiger partial charge in [-0.15, -0.1) is 11.6 Å². The van der Waals surface area contributed by atoms with Crippen LogP contribution in [0.3, 0.4) is 0 Å². The van der Waals surface area contributed by atoms with Crippen molar-refractivity contribution in [3.8, 4) is 0 Å². The van der Waals surface area contributed by atoms with E-state index in [1.807, 2.05) is 6.92 Å². The maximum atomic E-state index is 11.7. The molecule has 0 bridgehead atoms. The Balaban J connectivity index is 2.23. The van der Waals surface area contributed by atoms with Crippen LogP contribution in [-0.4, -0.2) is 51.1 Å². The van der Waals surface area contributed by atoms with Gasteiger partial charge in [0.25, 0.3) is 0 Å². The molecule has 0 spiro atoms. The molecule has 18 heavy (non-hydrogen) atoms. The fourth-order valence-electron chi connectivity index (χ4n) is 2.38. The number of alkyl halides is 1. The van der Waals surface area contributed by atoms with Crippen molar-refractivity contribution in [3.63, 3.8) is 0 Å². The van der Waals surface area contributed by atoms with Crippen LogP contribution in [-0.2, 0) is 10.0 Å². The van der Waals surface area contributed by atoms with Gasteiger partial charge in [0.1, 0.15) is 0 Å². The minimum atomic E-state index is -3.17. The summed E-state index contributed by atoms with van der Waals surface area (Å²) in [7, 11) is -1.10. The highest BCUT2D eigenvalue weighted by Gasteiger charge is 2.20. The molecule has 1 fully saturated rings. The molecule has 1 atom stereocenters. The molecule has 1 N–H and O–H groups in total. The van der Waals surface area contributed by atoms with Gasteiger partial charge in [-0.05, 0) is 25.8 Å². The molecule has 1 saturated carbocycles. The Morgan fingerprint density at radius 1 is 1.39 bits per heavy atom. The highest BCUT2D eigenvalue weighted by atomic mass is 35.5. The molecule has 1 aliphatic rings. The van der Waals surface area contributed by atoms with Gasteiger partial charge >= 0.3 is 0 Å². The van der Waals surface area contributed by atoms with Gasteiger partial charge in [-0.1, -0.05) is 19.8 Å². The van der Waals surface area contributed by atoms with Crippen LogP contribution >= 0.6 is 11.6 Å². The topological polar surface area (TPSA) is 49.4 Å². The van der Waals surface area contributed by atoms with Crippen LogP contribution < -0.4 is 4.72 Å². The van der Waals surface area contributed by atoms with E-state index in [0.29, 0.717) is 18.5 Å². The second-order valence-corrected chi connectivity index (χ2v) is 7.51. The maximum Gasteiger partial charge on any atom is 0.211 e. The lowest BCUT2D eigenvalue weighted by atomic mass is 10.2. The molecular formula is C12H25ClN2O2S. The molecule has 0 aromatic heterocycles. The third-order valence-electron chi connectivity index (χ3n) is 3.50. The zero-order valence-electron chi connectivity index (χ0n) is 11.4. The quantitative estimate of drug-likeness (QED) is 0.693. The maximum absolute atomic E-state index is 11.7. The van der Waals surface area contributed by atoms with Crippen molar-refractivity contribution in [1.82, 2.24) is 9.62 Å². The van der Waals surface area contributed by atoms with Gasteiger partial charge < -0.3 is 4.90 Å². The minimum Gasteiger partial charge on any atom is -0.302 e. The van der Waals surface area contributed by atoms with E-state index in [-0.39, 0.29) is 11.7 Å². The van der Waals surface area contributed by atoms with Gasteiger partial charge in [0.15, 0.2) is 0 Å². The van der Waals surface area contributed by atoms with Gasteiger partial charge in [0.2, 0.25) is 10.0 Å². The summed E-state index contributed by atoms with van der Waals surface area (Å²) in [5, 5.41) is 0. The zero-order valence-corrected chi connectivity index (χ0v) is 12.9. The molecule has 4 nitrogen and oxygen atoms in total. The number of likely N-dealkylation sites (N-methyl/N-ethyl adjacent to an activating group) is 1. The fraction of sp³-hybridized carbons (Fsp3) is 1.00. The highest BCUT2D eigenvalue weighted by Crippen LogP contribution is 2.21. The van der Waals surface area contributed by atoms with Crippen molar-refractivity contribution in [3.05, 3.63) is 0 Å². The third-order valence-corrected chi connectivity index (χ3v) is 5.68. The Labute approximate surface area is 116 Å². The molecule has 0 aromatic rings. The Hall–Kier alpha value is 0.160. The van der Waals surface area contributed by atoms with Gasteiger partial charge in [0.05, 0.1) is 5.75 Å². The lowest BCUT2D eigenvalue weighted by molar-refractivity contribution is 0.250. The van der Waals surface area contributed by atoms with E-state index in [4.69, 9.17) is 11.6 Å². The van der Waals surface area contributed by atoms with E-state index >= 15 is 0 Å². The Morgan fingerprint density at radius 2 is 2.00 bits per heavy atom. The summed E-state index contributed by atoms with van der Waals surface area (Å²) in [5.74, 6) is 0.490. The molecule has 0 aromatic carbocycles. The van der Waals surface area contributed by atoms with E-state index < -0.39 is 10.0 Å². The first-order chi connectivity index (χ1) is 8.44. The van der Waals surface area contributed by atoms with E-state index in [1.165, 1.54) is 25.7 Å². The van der Waals surface area contributed by atoms with Crippen LogP contribution in [0.1, 0.15) is 32.6 Å². The Morgan fingerprint density at radius 3 is 2.56 bits per heavy atom. The summed E-state index contributed by atoms with van der Waals surface area (Å²) in [6, 6.07) is 0.635. The van der Waals surface area contributed by atoms with Crippen molar-refractivity contribution in [1.29, 1.82) is 0 Å². The van der Waals surface area contributed by atoms with E-state index in [1.54, 1.807) is 0 Å². The van der Waals surface area contributed by atoms with Crippen LogP contribution in [0.25, 0.3) is 0 Å². The van der Waals surface area contributed by atoms with Crippen molar-refractivity contribution >= 4 is 21.6 Å². The largest absolute Gasteiger partial charge is 0.302 e. The Bertz CT molecular complexity index is 329. The molecule has 0 saturated heterocycles. The molecule has 0 heterocycles. The predicted octanol–water partition coefficient (Wildman–Crippen LogP) is 1.66. The average Bonchev–Trinajstić information content (AvgIpc) is 2.81. The molecule has 6 heteroatoms. The number of hydrogen-bond donors (Lipinski definition) is 1. The fourth-order valence-corrected chi connectivity index (χ4v) is 4.01. The standard InChI is InChI=1S/C12H25ClN2O2S/c1-11(9-13)10-18(16,17)14-7-8-15(2)12-5-3-4-6-12/h11-12,14H,3-10H2,1-2H3. The first kappa shape index (κ1) is 16.2. The summed E-state index contributed by atoms with van der Waals surface area (Å²) in [6.45, 7) is 3.11. The molecule has 1 unspecified atom stereocenters. The number of sulfonamides is 1. The summed E-state index contributed by atoms with van der Waals surface area (Å²) >= 11 is 5.63. The van der Waals surface area contributed by atoms with E-state index in [2.05, 4.69) is 16.7 Å². The lowest BCUT2D eigenvalue weighted by Crippen LogP contribution is -2.38. The van der Waals surface area contributed by atoms with Gasteiger partial charge in [0, 0.05) is 25.0 Å². The normalized spacial score (nSPS) is 19.6. The van der Waals surface area contributed by atoms with Crippen molar-refractivity contribution in [2.24, 2.45) is 5.92 Å². The smallest absolute Gasteiger partial charge is 0.211 e. The first-order valence-corrected chi connectivity index (χ1v) is 8.87. The lowest BCUT2D eigenvalue weighted by Gasteiger charge is -2.24. The monoisotopic (exact) mass is 296 g/mol. The zero-order chi connectivity index (χ0) is 13.6. The van der Waals surface area contributed by atoms with Crippen molar-refractivity contribution in [2.75, 3.05) is 31.8 Å². The predicted molar refractivity (Wildman–Crippen MR) is 76.6 cm³/mol. The average molecular weight is 297 g/mol. The second kappa shape index (κ2) is 7.68. The van der Waals surface area contributed by atoms with E-state index in [0.717, 1.165) is 6.54 Å². The summed E-state index contributed by atoms with van der Waals surface area (Å²) in [5.41, 5.74) is 0. The molecule has 0 aliphatic heterocycles. The molecule has 0 radical (unpaired) electrons. The van der Waals surface area contributed by atoms with Crippen LogP contribution in [0, 0.1) is 5.92 Å². The summed E-state index contributed by atoms with van der Waals surface area (Å²) in [6.07, 6.45) is 5.08. The van der Waals surface area contributed by atoms with Crippen molar-refractivity contribution < 1.29 is 8.42 Å². The first-order valence-electron chi connectivity index (χ1n) is 6.68. The van der Waals surface area contributed by atoms with Crippen LogP contribution in [0.4, 0.5) is 0 Å². The highest BCUT2D eigenvalue weighted by molar-refractivity contribution is 7.89. The summed E-state index contributed by atoms with van der Waals surface area (Å²) in [4.78, 5) is 2.26. The van der Waals surface area contributed by atoms with Gasteiger partial charge in [-0.3, -0.25) is 0 Å². The molecular weight excluding hydrogens is 272 g/mol. The molecule has 1 aliphatic carbocycles. The summed E-state index contributed by atoms with van der Waals surface area (Å²) < 4.78 is 26.1. The second-order valence-electron chi connectivity index (χ2n) is 5.35.